The van der Waals surface area contributed by atoms with Crippen LogP contribution in [0.1, 0.15) is 17.5 Å². The summed E-state index contributed by atoms with van der Waals surface area (Å²) in [6, 6.07) is 13.7. The first-order valence-corrected chi connectivity index (χ1v) is 10.2. The Morgan fingerprint density at radius 1 is 1.21 bits per heavy atom. The maximum atomic E-state index is 6.15. The first kappa shape index (κ1) is 21.3. The van der Waals surface area contributed by atoms with Crippen LogP contribution >= 0.6 is 11.6 Å². The van der Waals surface area contributed by atoms with Crippen LogP contribution in [-0.2, 0) is 11.3 Å². The third kappa shape index (κ3) is 6.54. The Morgan fingerprint density at radius 3 is 2.83 bits per heavy atom. The summed E-state index contributed by atoms with van der Waals surface area (Å²) < 4.78 is 17.3. The largest absolute Gasteiger partial charge is 0.490 e. The molecule has 0 spiro atoms. The molecule has 1 fully saturated rings. The number of aliphatic imine (C=N–C) groups is 1. The van der Waals surface area contributed by atoms with Crippen molar-refractivity contribution in [3.63, 3.8) is 0 Å². The molecule has 1 atom stereocenters. The minimum Gasteiger partial charge on any atom is -0.490 e. The van der Waals surface area contributed by atoms with Crippen LogP contribution in [0.5, 0.6) is 11.5 Å². The van der Waals surface area contributed by atoms with Crippen molar-refractivity contribution in [2.24, 2.45) is 4.99 Å². The fourth-order valence-corrected chi connectivity index (χ4v) is 3.18. The van der Waals surface area contributed by atoms with Crippen LogP contribution in [0.15, 0.2) is 47.5 Å². The molecule has 0 bridgehead atoms. The van der Waals surface area contributed by atoms with Crippen molar-refractivity contribution in [2.75, 3.05) is 33.4 Å². The van der Waals surface area contributed by atoms with Crippen LogP contribution in [0.3, 0.4) is 0 Å². The first-order valence-electron chi connectivity index (χ1n) is 9.81. The molecule has 156 valence electrons. The number of nitrogens with zero attached hydrogens (tertiary/aromatic N) is 1. The monoisotopic (exact) mass is 417 g/mol. The van der Waals surface area contributed by atoms with E-state index in [4.69, 9.17) is 25.8 Å². The maximum Gasteiger partial charge on any atom is 0.191 e. The van der Waals surface area contributed by atoms with Crippen molar-refractivity contribution in [3.8, 4) is 11.5 Å². The Labute approximate surface area is 177 Å². The lowest BCUT2D eigenvalue weighted by Gasteiger charge is -2.18. The predicted molar refractivity (Wildman–Crippen MR) is 116 cm³/mol. The third-order valence-electron chi connectivity index (χ3n) is 4.56. The van der Waals surface area contributed by atoms with E-state index >= 15 is 0 Å². The number of aryl methyl sites for hydroxylation is 1. The van der Waals surface area contributed by atoms with Gasteiger partial charge in [-0.2, -0.15) is 0 Å². The lowest BCUT2D eigenvalue weighted by Crippen LogP contribution is -2.39. The van der Waals surface area contributed by atoms with Crippen LogP contribution in [0.4, 0.5) is 0 Å². The lowest BCUT2D eigenvalue weighted by molar-refractivity contribution is 0.140. The number of hydrogen-bond acceptors (Lipinski definition) is 4. The second-order valence-electron chi connectivity index (χ2n) is 6.85. The summed E-state index contributed by atoms with van der Waals surface area (Å²) in [5.74, 6) is 2.27. The summed E-state index contributed by atoms with van der Waals surface area (Å²) >= 11 is 6.10. The average Bonchev–Trinajstić information content (AvgIpc) is 3.23. The minimum absolute atomic E-state index is 0.120. The van der Waals surface area contributed by atoms with Crippen molar-refractivity contribution in [3.05, 3.63) is 58.6 Å². The molecule has 2 aromatic carbocycles. The fourth-order valence-electron chi connectivity index (χ4n) is 2.99. The van der Waals surface area contributed by atoms with E-state index in [2.05, 4.69) is 40.7 Å². The summed E-state index contributed by atoms with van der Waals surface area (Å²) in [6.07, 6.45) is 1.05. The molecular weight excluding hydrogens is 390 g/mol. The molecule has 7 heteroatoms. The van der Waals surface area contributed by atoms with Gasteiger partial charge in [-0.15, -0.1) is 0 Å². The van der Waals surface area contributed by atoms with E-state index in [1.807, 2.05) is 24.3 Å². The number of rotatable bonds is 8. The predicted octanol–water partition coefficient (Wildman–Crippen LogP) is 3.56. The molecular formula is C22H28ClN3O3. The Bertz CT molecular complexity index is 823. The van der Waals surface area contributed by atoms with E-state index in [0.717, 1.165) is 24.3 Å². The van der Waals surface area contributed by atoms with Gasteiger partial charge < -0.3 is 24.8 Å². The second-order valence-corrected chi connectivity index (χ2v) is 7.25. The van der Waals surface area contributed by atoms with Gasteiger partial charge in [-0.3, -0.25) is 4.99 Å². The van der Waals surface area contributed by atoms with Crippen LogP contribution < -0.4 is 20.1 Å². The molecule has 3 rings (SSSR count). The first-order chi connectivity index (χ1) is 14.2. The molecule has 1 aliphatic heterocycles. The van der Waals surface area contributed by atoms with Gasteiger partial charge >= 0.3 is 0 Å². The summed E-state index contributed by atoms with van der Waals surface area (Å²) in [7, 11) is 1.74. The molecule has 0 radical (unpaired) electrons. The van der Waals surface area contributed by atoms with Gasteiger partial charge in [-0.25, -0.2) is 0 Å². The zero-order valence-corrected chi connectivity index (χ0v) is 17.7. The fraction of sp³-hybridized carbons (Fsp3) is 0.409. The SMILES string of the molecule is CN=C(NCCOc1ccccc1Cl)NCc1ccc(C)cc1OC1CCOC1. The highest BCUT2D eigenvalue weighted by Crippen LogP contribution is 2.24. The molecule has 1 aliphatic rings. The summed E-state index contributed by atoms with van der Waals surface area (Å²) in [5.41, 5.74) is 2.25. The zero-order chi connectivity index (χ0) is 20.5. The highest BCUT2D eigenvalue weighted by Gasteiger charge is 2.18. The van der Waals surface area contributed by atoms with Crippen LogP contribution in [0, 0.1) is 6.92 Å². The number of benzene rings is 2. The number of ether oxygens (including phenoxy) is 3. The Morgan fingerprint density at radius 2 is 2.07 bits per heavy atom. The Kier molecular flexibility index (Phi) is 8.02. The quantitative estimate of drug-likeness (QED) is 0.390. The van der Waals surface area contributed by atoms with Crippen molar-refractivity contribution in [1.82, 2.24) is 10.6 Å². The number of guanidine groups is 1. The van der Waals surface area contributed by atoms with Gasteiger partial charge in [0.15, 0.2) is 5.96 Å². The van der Waals surface area contributed by atoms with Gasteiger partial charge in [0.05, 0.1) is 24.8 Å². The highest BCUT2D eigenvalue weighted by molar-refractivity contribution is 6.32. The maximum absolute atomic E-state index is 6.15. The van der Waals surface area contributed by atoms with Crippen LogP contribution in [0.25, 0.3) is 0 Å². The normalized spacial score (nSPS) is 16.5. The van der Waals surface area contributed by atoms with E-state index in [0.29, 0.717) is 43.0 Å². The minimum atomic E-state index is 0.120. The summed E-state index contributed by atoms with van der Waals surface area (Å²) in [4.78, 5) is 4.27. The molecule has 2 N–H and O–H groups in total. The molecule has 0 aliphatic carbocycles. The summed E-state index contributed by atoms with van der Waals surface area (Å²) in [5, 5.41) is 7.18. The van der Waals surface area contributed by atoms with Gasteiger partial charge in [0.1, 0.15) is 24.2 Å². The molecule has 0 amide bonds. The molecule has 29 heavy (non-hydrogen) atoms. The van der Waals surface area contributed by atoms with Crippen molar-refractivity contribution >= 4 is 17.6 Å². The number of hydrogen-bond donors (Lipinski definition) is 2. The molecule has 1 saturated heterocycles. The smallest absolute Gasteiger partial charge is 0.191 e. The topological polar surface area (TPSA) is 64.1 Å². The lowest BCUT2D eigenvalue weighted by atomic mass is 10.1. The van der Waals surface area contributed by atoms with Gasteiger partial charge in [0, 0.05) is 25.6 Å². The van der Waals surface area contributed by atoms with Crippen LogP contribution in [-0.4, -0.2) is 45.5 Å². The highest BCUT2D eigenvalue weighted by atomic mass is 35.5. The van der Waals surface area contributed by atoms with Gasteiger partial charge in [0.2, 0.25) is 0 Å². The van der Waals surface area contributed by atoms with Crippen LogP contribution in [0.2, 0.25) is 5.02 Å². The number of nitrogens with one attached hydrogen (secondary N) is 2. The van der Waals surface area contributed by atoms with E-state index in [1.54, 1.807) is 7.05 Å². The van der Waals surface area contributed by atoms with Gasteiger partial charge in [-0.05, 0) is 30.7 Å². The molecule has 1 unspecified atom stereocenters. The molecule has 0 saturated carbocycles. The van der Waals surface area contributed by atoms with E-state index in [1.165, 1.54) is 5.56 Å². The summed E-state index contributed by atoms with van der Waals surface area (Å²) in [6.45, 7) is 5.15. The number of halogens is 1. The average molecular weight is 418 g/mol. The standard InChI is InChI=1S/C22H28ClN3O3/c1-16-7-8-17(21(13-16)29-18-9-11-27-15-18)14-26-22(24-2)25-10-12-28-20-6-4-3-5-19(20)23/h3-8,13,18H,9-12,14-15H2,1-2H3,(H2,24,25,26). The van der Waals surface area contributed by atoms with Crippen molar-refractivity contribution in [2.45, 2.75) is 26.0 Å². The molecule has 0 aromatic heterocycles. The van der Waals surface area contributed by atoms with Gasteiger partial charge in [0.25, 0.3) is 0 Å². The third-order valence-corrected chi connectivity index (χ3v) is 4.88. The van der Waals surface area contributed by atoms with E-state index < -0.39 is 0 Å². The molecule has 6 nitrogen and oxygen atoms in total. The van der Waals surface area contributed by atoms with E-state index in [-0.39, 0.29) is 6.10 Å². The van der Waals surface area contributed by atoms with Crippen molar-refractivity contribution in [1.29, 1.82) is 0 Å². The Hall–Kier alpha value is -2.44. The van der Waals surface area contributed by atoms with E-state index in [9.17, 15) is 0 Å². The number of para-hydroxylation sites is 1. The zero-order valence-electron chi connectivity index (χ0n) is 16.9. The Balaban J connectivity index is 1.48. The van der Waals surface area contributed by atoms with Gasteiger partial charge in [-0.1, -0.05) is 35.9 Å². The second kappa shape index (κ2) is 10.9. The molecule has 2 aromatic rings. The van der Waals surface area contributed by atoms with Crippen molar-refractivity contribution < 1.29 is 14.2 Å². The molecule has 1 heterocycles.